The zero-order valence-electron chi connectivity index (χ0n) is 17.2. The van der Waals surface area contributed by atoms with E-state index < -0.39 is 17.6 Å². The first kappa shape index (κ1) is 23.3. The lowest BCUT2D eigenvalue weighted by atomic mass is 10.1. The van der Waals surface area contributed by atoms with Crippen LogP contribution in [0.5, 0.6) is 0 Å². The summed E-state index contributed by atoms with van der Waals surface area (Å²) >= 11 is 0.130. The summed E-state index contributed by atoms with van der Waals surface area (Å²) in [4.78, 5) is 41.7. The van der Waals surface area contributed by atoms with Crippen LogP contribution < -0.4 is 16.4 Å². The number of hydrogen-bond acceptors (Lipinski definition) is 6. The van der Waals surface area contributed by atoms with Crippen LogP contribution in [0.2, 0.25) is 0 Å². The van der Waals surface area contributed by atoms with Crippen LogP contribution in [0.25, 0.3) is 10.8 Å². The lowest BCUT2D eigenvalue weighted by Crippen LogP contribution is -2.43. The minimum Gasteiger partial charge on any atom is -0.267 e. The molecule has 11 heteroatoms. The molecule has 3 aromatic rings. The maximum atomic E-state index is 12.8. The van der Waals surface area contributed by atoms with E-state index in [0.717, 1.165) is 19.3 Å². The van der Waals surface area contributed by atoms with E-state index in [0.29, 0.717) is 17.3 Å². The van der Waals surface area contributed by atoms with Crippen LogP contribution in [-0.4, -0.2) is 32.3 Å². The number of thioether (sulfide) groups is 1. The van der Waals surface area contributed by atoms with E-state index in [-0.39, 0.29) is 33.6 Å². The molecule has 8 nitrogen and oxygen atoms in total. The Morgan fingerprint density at radius 2 is 1.78 bits per heavy atom. The summed E-state index contributed by atoms with van der Waals surface area (Å²) in [6.45, 7) is 2.39. The number of fused-ring (bicyclic) bond motifs is 1. The van der Waals surface area contributed by atoms with Crippen molar-refractivity contribution in [1.29, 1.82) is 0 Å². The summed E-state index contributed by atoms with van der Waals surface area (Å²) in [7, 11) is 0. The van der Waals surface area contributed by atoms with Crippen molar-refractivity contribution in [1.82, 2.24) is 25.6 Å². The van der Waals surface area contributed by atoms with Crippen LogP contribution in [0.4, 0.5) is 8.78 Å². The SMILES string of the molecule is CCCCCn1nc(C(=O)NNC(=O)c2cccnc2SC(F)F)c2ccccc2c1=O. The van der Waals surface area contributed by atoms with Gasteiger partial charge in [-0.1, -0.05) is 38.0 Å². The monoisotopic (exact) mass is 461 g/mol. The number of unbranched alkanes of at least 4 members (excludes halogenated alkanes) is 2. The van der Waals surface area contributed by atoms with Crippen LogP contribution in [0.1, 0.15) is 47.0 Å². The van der Waals surface area contributed by atoms with Gasteiger partial charge >= 0.3 is 0 Å². The first-order valence-corrected chi connectivity index (χ1v) is 10.8. The number of halogens is 2. The van der Waals surface area contributed by atoms with Crippen molar-refractivity contribution in [3.05, 3.63) is 64.2 Å². The van der Waals surface area contributed by atoms with Crippen molar-refractivity contribution in [2.75, 3.05) is 0 Å². The number of benzene rings is 1. The molecule has 0 unspecified atom stereocenters. The third kappa shape index (κ3) is 5.47. The topological polar surface area (TPSA) is 106 Å². The number of carbonyl (C=O) groups excluding carboxylic acids is 2. The number of alkyl halides is 2. The second-order valence-corrected chi connectivity index (χ2v) is 7.75. The van der Waals surface area contributed by atoms with Gasteiger partial charge in [0.2, 0.25) is 0 Å². The summed E-state index contributed by atoms with van der Waals surface area (Å²) in [5, 5.41) is 4.71. The Bertz CT molecular complexity index is 1190. The third-order valence-electron chi connectivity index (χ3n) is 4.56. The highest BCUT2D eigenvalue weighted by atomic mass is 32.2. The minimum atomic E-state index is -2.75. The third-order valence-corrected chi connectivity index (χ3v) is 5.29. The first-order chi connectivity index (χ1) is 15.4. The number of carbonyl (C=O) groups is 2. The van der Waals surface area contributed by atoms with Crippen LogP contribution in [0, 0.1) is 0 Å². The number of aromatic nitrogens is 3. The molecule has 1 aromatic carbocycles. The number of amides is 2. The summed E-state index contributed by atoms with van der Waals surface area (Å²) in [6, 6.07) is 9.30. The average Bonchev–Trinajstić information content (AvgIpc) is 2.79. The first-order valence-electron chi connectivity index (χ1n) is 9.92. The molecule has 0 bridgehead atoms. The Labute approximate surface area is 186 Å². The fraction of sp³-hybridized carbons (Fsp3) is 0.286. The molecule has 2 amide bonds. The normalized spacial score (nSPS) is 11.0. The number of pyridine rings is 1. The molecule has 168 valence electrons. The highest BCUT2D eigenvalue weighted by Crippen LogP contribution is 2.26. The van der Waals surface area contributed by atoms with Crippen LogP contribution in [-0.2, 0) is 6.54 Å². The maximum absolute atomic E-state index is 12.8. The molecule has 0 atom stereocenters. The Kier molecular flexibility index (Phi) is 7.87. The molecule has 0 fully saturated rings. The Balaban J connectivity index is 1.84. The molecule has 0 aliphatic carbocycles. The summed E-state index contributed by atoms with van der Waals surface area (Å²) < 4.78 is 26.7. The molecular formula is C21H21F2N5O3S. The maximum Gasteiger partial charge on any atom is 0.290 e. The smallest absolute Gasteiger partial charge is 0.267 e. The number of nitrogens with zero attached hydrogens (tertiary/aromatic N) is 3. The van der Waals surface area contributed by atoms with Gasteiger partial charge in [-0.05, 0) is 36.4 Å². The Morgan fingerprint density at radius 3 is 2.50 bits per heavy atom. The van der Waals surface area contributed by atoms with Crippen molar-refractivity contribution in [2.24, 2.45) is 0 Å². The highest BCUT2D eigenvalue weighted by molar-refractivity contribution is 7.99. The van der Waals surface area contributed by atoms with Gasteiger partial charge in [0.05, 0.1) is 10.9 Å². The quantitative estimate of drug-likeness (QED) is 0.303. The predicted octanol–water partition coefficient (Wildman–Crippen LogP) is 3.37. The number of aryl methyl sites for hydroxylation is 1. The molecule has 0 aliphatic heterocycles. The Hall–Kier alpha value is -3.34. The van der Waals surface area contributed by atoms with Crippen molar-refractivity contribution >= 4 is 34.3 Å². The number of rotatable bonds is 8. The zero-order chi connectivity index (χ0) is 23.1. The molecule has 32 heavy (non-hydrogen) atoms. The highest BCUT2D eigenvalue weighted by Gasteiger charge is 2.20. The molecular weight excluding hydrogens is 440 g/mol. The van der Waals surface area contributed by atoms with Crippen molar-refractivity contribution < 1.29 is 18.4 Å². The van der Waals surface area contributed by atoms with E-state index in [1.54, 1.807) is 24.3 Å². The van der Waals surface area contributed by atoms with Gasteiger partial charge in [-0.15, -0.1) is 0 Å². The largest absolute Gasteiger partial charge is 0.290 e. The van der Waals surface area contributed by atoms with Crippen LogP contribution in [0.3, 0.4) is 0 Å². The van der Waals surface area contributed by atoms with E-state index in [4.69, 9.17) is 0 Å². The van der Waals surface area contributed by atoms with Gasteiger partial charge in [0, 0.05) is 18.1 Å². The van der Waals surface area contributed by atoms with Crippen molar-refractivity contribution in [3.8, 4) is 0 Å². The summed E-state index contributed by atoms with van der Waals surface area (Å²) in [5.41, 5.74) is 3.99. The number of nitrogens with one attached hydrogen (secondary N) is 2. The lowest BCUT2D eigenvalue weighted by molar-refractivity contribution is 0.0841. The van der Waals surface area contributed by atoms with Crippen molar-refractivity contribution in [3.63, 3.8) is 0 Å². The van der Waals surface area contributed by atoms with E-state index in [2.05, 4.69) is 20.9 Å². The van der Waals surface area contributed by atoms with Crippen LogP contribution in [0.15, 0.2) is 52.4 Å². The van der Waals surface area contributed by atoms with Crippen molar-refractivity contribution in [2.45, 2.75) is 43.5 Å². The molecule has 0 aliphatic rings. The van der Waals surface area contributed by atoms with E-state index in [1.165, 1.54) is 23.0 Å². The fourth-order valence-corrected chi connectivity index (χ4v) is 3.63. The molecule has 3 rings (SSSR count). The van der Waals surface area contributed by atoms with Gasteiger partial charge in [0.25, 0.3) is 23.1 Å². The van der Waals surface area contributed by atoms with Gasteiger partial charge in [-0.2, -0.15) is 13.9 Å². The van der Waals surface area contributed by atoms with Gasteiger partial charge in [-0.3, -0.25) is 25.2 Å². The number of hydrazine groups is 1. The van der Waals surface area contributed by atoms with Gasteiger partial charge in [0.15, 0.2) is 5.69 Å². The van der Waals surface area contributed by atoms with Gasteiger partial charge in [0.1, 0.15) is 5.03 Å². The molecule has 0 radical (unpaired) electrons. The van der Waals surface area contributed by atoms with Crippen LogP contribution >= 0.6 is 11.8 Å². The van der Waals surface area contributed by atoms with E-state index in [9.17, 15) is 23.2 Å². The van der Waals surface area contributed by atoms with E-state index in [1.807, 2.05) is 6.92 Å². The van der Waals surface area contributed by atoms with E-state index >= 15 is 0 Å². The molecule has 0 saturated heterocycles. The lowest BCUT2D eigenvalue weighted by Gasteiger charge is -2.12. The Morgan fingerprint density at radius 1 is 1.06 bits per heavy atom. The molecule has 0 saturated carbocycles. The predicted molar refractivity (Wildman–Crippen MR) is 117 cm³/mol. The molecule has 2 heterocycles. The second kappa shape index (κ2) is 10.8. The zero-order valence-corrected chi connectivity index (χ0v) is 18.0. The minimum absolute atomic E-state index is 0.0367. The summed E-state index contributed by atoms with van der Waals surface area (Å²) in [6.07, 6.45) is 3.88. The standard InChI is InChI=1S/C21H21F2N5O3S/c1-2-3-6-12-28-20(31)14-9-5-4-8-13(14)16(27-28)18(30)26-25-17(29)15-10-7-11-24-19(15)32-21(22)23/h4-5,7-11,21H,2-3,6,12H2,1H3,(H,25,29)(H,26,30). The van der Waals surface area contributed by atoms with Gasteiger partial charge < -0.3 is 0 Å². The summed E-state index contributed by atoms with van der Waals surface area (Å²) in [5.74, 6) is -4.31. The molecule has 2 aromatic heterocycles. The number of hydrogen-bond donors (Lipinski definition) is 2. The second-order valence-electron chi connectivity index (χ2n) is 6.77. The van der Waals surface area contributed by atoms with Gasteiger partial charge in [-0.25, -0.2) is 9.67 Å². The fourth-order valence-electron chi connectivity index (χ4n) is 3.05. The molecule has 2 N–H and O–H groups in total. The average molecular weight is 461 g/mol. The molecule has 0 spiro atoms.